The number of hydrogen-bond donors (Lipinski definition) is 0. The van der Waals surface area contributed by atoms with Crippen molar-refractivity contribution >= 4 is 39.3 Å². The molecule has 0 aliphatic carbocycles. The molecule has 27 heavy (non-hydrogen) atoms. The quantitative estimate of drug-likeness (QED) is 0.772. The Labute approximate surface area is 162 Å². The van der Waals surface area contributed by atoms with Gasteiger partial charge in [-0.05, 0) is 30.7 Å². The average molecular weight is 402 g/mol. The van der Waals surface area contributed by atoms with Crippen molar-refractivity contribution in [2.24, 2.45) is 0 Å². The first-order chi connectivity index (χ1) is 12.9. The van der Waals surface area contributed by atoms with E-state index in [1.54, 1.807) is 28.8 Å². The highest BCUT2D eigenvalue weighted by Crippen LogP contribution is 2.38. The molecule has 1 atom stereocenters. The molecule has 4 rings (SSSR count). The van der Waals surface area contributed by atoms with Crippen molar-refractivity contribution in [3.63, 3.8) is 0 Å². The monoisotopic (exact) mass is 402 g/mol. The van der Waals surface area contributed by atoms with Gasteiger partial charge in [-0.25, -0.2) is 12.7 Å². The maximum absolute atomic E-state index is 13.0. The van der Waals surface area contributed by atoms with Gasteiger partial charge in [0.15, 0.2) is 0 Å². The fraction of sp³-hybridized carbons (Fsp3) is 0.263. The van der Waals surface area contributed by atoms with Gasteiger partial charge in [0, 0.05) is 16.7 Å². The highest BCUT2D eigenvalue weighted by atomic mass is 32.2. The standard InChI is InChI=1S/C19H18N2O4S2/c1-13-10-11-20(15-7-3-4-8-16(15)26-13)18(22)12-21-19(23)14-6-2-5-9-17(14)27(21,24)25/h2-9,13H,10-12H2,1H3/t13-/m1/s1. The average Bonchev–Trinajstić information content (AvgIpc) is 2.77. The maximum atomic E-state index is 13.0. The van der Waals surface area contributed by atoms with E-state index >= 15 is 0 Å². The van der Waals surface area contributed by atoms with Crippen LogP contribution in [0.15, 0.2) is 58.3 Å². The van der Waals surface area contributed by atoms with Crippen LogP contribution in [-0.2, 0) is 14.8 Å². The Kier molecular flexibility index (Phi) is 4.47. The van der Waals surface area contributed by atoms with E-state index in [2.05, 4.69) is 6.92 Å². The minimum Gasteiger partial charge on any atom is -0.310 e. The third kappa shape index (κ3) is 3.02. The minimum atomic E-state index is -4.00. The zero-order valence-corrected chi connectivity index (χ0v) is 16.3. The molecule has 0 bridgehead atoms. The normalized spacial score (nSPS) is 20.8. The summed E-state index contributed by atoms with van der Waals surface area (Å²) in [4.78, 5) is 28.1. The first kappa shape index (κ1) is 18.1. The Morgan fingerprint density at radius 1 is 1.15 bits per heavy atom. The molecule has 2 amide bonds. The molecule has 0 fully saturated rings. The van der Waals surface area contributed by atoms with Crippen LogP contribution in [0.3, 0.4) is 0 Å². The second kappa shape index (κ2) is 6.69. The smallest absolute Gasteiger partial charge is 0.269 e. The van der Waals surface area contributed by atoms with Crippen molar-refractivity contribution in [2.75, 3.05) is 18.0 Å². The molecule has 0 unspecified atom stereocenters. The lowest BCUT2D eigenvalue weighted by Gasteiger charge is -2.25. The maximum Gasteiger partial charge on any atom is 0.269 e. The van der Waals surface area contributed by atoms with Crippen LogP contribution in [0.4, 0.5) is 5.69 Å². The molecule has 0 radical (unpaired) electrons. The molecule has 2 aliphatic heterocycles. The predicted octanol–water partition coefficient (Wildman–Crippen LogP) is 2.75. The third-order valence-corrected chi connectivity index (χ3v) is 7.76. The van der Waals surface area contributed by atoms with Gasteiger partial charge in [0.05, 0.1) is 11.3 Å². The van der Waals surface area contributed by atoms with Gasteiger partial charge in [0.25, 0.3) is 15.9 Å². The number of benzene rings is 2. The van der Waals surface area contributed by atoms with Crippen LogP contribution in [0, 0.1) is 0 Å². The number of rotatable bonds is 2. The summed E-state index contributed by atoms with van der Waals surface area (Å²) in [7, 11) is -4.00. The molecule has 6 nitrogen and oxygen atoms in total. The number of amides is 2. The zero-order valence-electron chi connectivity index (χ0n) is 14.7. The first-order valence-corrected chi connectivity index (χ1v) is 10.9. The number of carbonyl (C=O) groups excluding carboxylic acids is 2. The largest absolute Gasteiger partial charge is 0.310 e. The topological polar surface area (TPSA) is 74.8 Å². The molecule has 8 heteroatoms. The lowest BCUT2D eigenvalue weighted by Crippen LogP contribution is -2.43. The molecule has 2 aromatic rings. The Morgan fingerprint density at radius 3 is 2.63 bits per heavy atom. The van der Waals surface area contributed by atoms with E-state index in [-0.39, 0.29) is 10.5 Å². The van der Waals surface area contributed by atoms with Crippen LogP contribution in [0.1, 0.15) is 23.7 Å². The molecule has 140 valence electrons. The molecular weight excluding hydrogens is 384 g/mol. The number of carbonyl (C=O) groups is 2. The number of para-hydroxylation sites is 1. The van der Waals surface area contributed by atoms with Crippen molar-refractivity contribution in [1.29, 1.82) is 0 Å². The summed E-state index contributed by atoms with van der Waals surface area (Å²) in [5, 5.41) is 0.338. The Balaban J connectivity index is 1.65. The number of fused-ring (bicyclic) bond motifs is 2. The Bertz CT molecular complexity index is 1040. The van der Waals surface area contributed by atoms with Crippen molar-refractivity contribution in [3.8, 4) is 0 Å². The summed E-state index contributed by atoms with van der Waals surface area (Å²) in [5.41, 5.74) is 0.879. The molecular formula is C19H18N2O4S2. The molecule has 0 aromatic heterocycles. The van der Waals surface area contributed by atoms with Gasteiger partial charge in [0.2, 0.25) is 5.91 Å². The number of nitrogens with zero attached hydrogens (tertiary/aromatic N) is 2. The lowest BCUT2D eigenvalue weighted by molar-refractivity contribution is -0.118. The Morgan fingerprint density at radius 2 is 1.85 bits per heavy atom. The van der Waals surface area contributed by atoms with E-state index in [4.69, 9.17) is 0 Å². The molecule has 0 N–H and O–H groups in total. The van der Waals surface area contributed by atoms with E-state index in [0.717, 1.165) is 17.0 Å². The van der Waals surface area contributed by atoms with Gasteiger partial charge in [-0.15, -0.1) is 11.8 Å². The van der Waals surface area contributed by atoms with Crippen molar-refractivity contribution in [3.05, 3.63) is 54.1 Å². The molecule has 0 saturated heterocycles. The molecule has 0 spiro atoms. The fourth-order valence-electron chi connectivity index (χ4n) is 3.34. The third-order valence-electron chi connectivity index (χ3n) is 4.74. The first-order valence-electron chi connectivity index (χ1n) is 8.62. The number of anilines is 1. The van der Waals surface area contributed by atoms with Crippen LogP contribution in [0.25, 0.3) is 0 Å². The van der Waals surface area contributed by atoms with E-state index < -0.39 is 28.4 Å². The second-order valence-corrected chi connectivity index (χ2v) is 9.85. The number of hydrogen-bond acceptors (Lipinski definition) is 5. The predicted molar refractivity (Wildman–Crippen MR) is 103 cm³/mol. The summed E-state index contributed by atoms with van der Waals surface area (Å²) in [6.45, 7) is 2.09. The van der Waals surface area contributed by atoms with Crippen LogP contribution in [0.5, 0.6) is 0 Å². The molecule has 0 saturated carbocycles. The van der Waals surface area contributed by atoms with E-state index in [1.807, 2.05) is 24.3 Å². The molecule has 2 heterocycles. The minimum absolute atomic E-state index is 0.0387. The van der Waals surface area contributed by atoms with Crippen LogP contribution in [-0.4, -0.2) is 42.9 Å². The summed E-state index contributed by atoms with van der Waals surface area (Å²) in [6.07, 6.45) is 0.784. The summed E-state index contributed by atoms with van der Waals surface area (Å²) < 4.78 is 26.1. The van der Waals surface area contributed by atoms with E-state index in [0.29, 0.717) is 16.1 Å². The second-order valence-electron chi connectivity index (χ2n) is 6.54. The SMILES string of the molecule is C[C@@H]1CCN(C(=O)CN2C(=O)c3ccccc3S2(=O)=O)c2ccccc2S1. The highest BCUT2D eigenvalue weighted by Gasteiger charge is 2.42. The summed E-state index contributed by atoms with van der Waals surface area (Å²) in [5.74, 6) is -1.05. The highest BCUT2D eigenvalue weighted by molar-refractivity contribution is 8.00. The van der Waals surface area contributed by atoms with Crippen molar-refractivity contribution in [1.82, 2.24) is 4.31 Å². The fourth-order valence-corrected chi connectivity index (χ4v) is 5.97. The van der Waals surface area contributed by atoms with Gasteiger partial charge >= 0.3 is 0 Å². The van der Waals surface area contributed by atoms with Gasteiger partial charge in [0.1, 0.15) is 11.4 Å². The van der Waals surface area contributed by atoms with E-state index in [9.17, 15) is 18.0 Å². The van der Waals surface area contributed by atoms with Gasteiger partial charge in [-0.1, -0.05) is 31.2 Å². The lowest BCUT2D eigenvalue weighted by atomic mass is 10.2. The van der Waals surface area contributed by atoms with Gasteiger partial charge in [-0.3, -0.25) is 9.59 Å². The van der Waals surface area contributed by atoms with Crippen molar-refractivity contribution in [2.45, 2.75) is 28.4 Å². The van der Waals surface area contributed by atoms with Crippen LogP contribution >= 0.6 is 11.8 Å². The number of thioether (sulfide) groups is 1. The van der Waals surface area contributed by atoms with Gasteiger partial charge in [-0.2, -0.15) is 0 Å². The summed E-state index contributed by atoms with van der Waals surface area (Å²) >= 11 is 1.69. The molecule has 2 aliphatic rings. The Hall–Kier alpha value is -2.32. The van der Waals surface area contributed by atoms with Crippen molar-refractivity contribution < 1.29 is 18.0 Å². The number of sulfonamides is 1. The van der Waals surface area contributed by atoms with Crippen LogP contribution < -0.4 is 4.90 Å². The van der Waals surface area contributed by atoms with Crippen LogP contribution in [0.2, 0.25) is 0 Å². The van der Waals surface area contributed by atoms with Gasteiger partial charge < -0.3 is 4.90 Å². The van der Waals surface area contributed by atoms with E-state index in [1.165, 1.54) is 12.1 Å². The zero-order chi connectivity index (χ0) is 19.2. The molecule has 2 aromatic carbocycles. The summed E-state index contributed by atoms with van der Waals surface area (Å²) in [6, 6.07) is 13.6.